The van der Waals surface area contributed by atoms with E-state index in [0.717, 1.165) is 51.3 Å². The van der Waals surface area contributed by atoms with Crippen LogP contribution in [-0.4, -0.2) is 84.3 Å². The van der Waals surface area contributed by atoms with Gasteiger partial charge in [-0.1, -0.05) is 6.07 Å². The summed E-state index contributed by atoms with van der Waals surface area (Å²) < 4.78 is 23.6. The Hall–Kier alpha value is -3.53. The number of phenolic OH excluding ortho intramolecular Hbond substituents is 1. The largest absolute Gasteiger partial charge is 0.508 e. The van der Waals surface area contributed by atoms with Crippen LogP contribution >= 0.6 is 0 Å². The minimum atomic E-state index is -1.82. The number of halogens is 1. The second-order valence-electron chi connectivity index (χ2n) is 8.00. The van der Waals surface area contributed by atoms with Crippen molar-refractivity contribution in [3.05, 3.63) is 48.0 Å². The molecule has 3 N–H and O–H groups in total. The third-order valence-electron chi connectivity index (χ3n) is 5.64. The van der Waals surface area contributed by atoms with Gasteiger partial charge in [0.25, 0.3) is 0 Å². The number of phenols is 1. The molecule has 0 aromatic heterocycles. The van der Waals surface area contributed by atoms with Crippen LogP contribution in [0.3, 0.4) is 0 Å². The predicted octanol–water partition coefficient (Wildman–Crippen LogP) is 2.41. The van der Waals surface area contributed by atoms with Crippen LogP contribution in [-0.2, 0) is 16.0 Å². The van der Waals surface area contributed by atoms with Gasteiger partial charge in [0, 0.05) is 44.5 Å². The van der Waals surface area contributed by atoms with E-state index in [9.17, 15) is 9.50 Å². The number of fused-ring (bicyclic) bond motifs is 1. The van der Waals surface area contributed by atoms with Crippen molar-refractivity contribution < 1.29 is 38.8 Å². The van der Waals surface area contributed by atoms with Crippen LogP contribution in [0.4, 0.5) is 10.1 Å². The highest BCUT2D eigenvalue weighted by Crippen LogP contribution is 2.31. The Morgan fingerprint density at radius 1 is 1.03 bits per heavy atom. The predicted molar refractivity (Wildman–Crippen MR) is 123 cm³/mol. The smallest absolute Gasteiger partial charge is 0.414 e. The van der Waals surface area contributed by atoms with E-state index in [1.807, 2.05) is 30.3 Å². The first kappa shape index (κ1) is 25.1. The second-order valence-corrected chi connectivity index (χ2v) is 8.00. The standard InChI is InChI=1S/C22H27FN2O3.C2H2O4/c23-9-14-27-20-7-3-18(4-8-20)25-12-10-24(11-13-25)16-21-6-2-17-1-5-19(26)15-22(17)28-21;3-1(4)2(5)6/h1,3-5,7-8,15,21,26H,2,6,9-14,16H2;(H,3,4)(H,5,6)/t21-;/m1./s1. The number of carbonyl (C=O) groups is 2. The number of rotatable bonds is 6. The molecule has 4 rings (SSSR count). The van der Waals surface area contributed by atoms with Crippen molar-refractivity contribution in [1.29, 1.82) is 0 Å². The molecule has 1 fully saturated rings. The van der Waals surface area contributed by atoms with Gasteiger partial charge in [-0.15, -0.1) is 0 Å². The first-order valence-electron chi connectivity index (χ1n) is 11.1. The molecule has 2 heterocycles. The molecule has 10 heteroatoms. The average molecular weight is 477 g/mol. The molecule has 0 aliphatic carbocycles. The maximum atomic E-state index is 12.2. The minimum Gasteiger partial charge on any atom is -0.508 e. The van der Waals surface area contributed by atoms with Crippen molar-refractivity contribution in [1.82, 2.24) is 4.90 Å². The first-order chi connectivity index (χ1) is 16.4. The van der Waals surface area contributed by atoms with Gasteiger partial charge in [0.2, 0.25) is 0 Å². The van der Waals surface area contributed by atoms with Crippen LogP contribution in [0.2, 0.25) is 0 Å². The molecule has 2 aliphatic heterocycles. The summed E-state index contributed by atoms with van der Waals surface area (Å²) >= 11 is 0. The zero-order chi connectivity index (χ0) is 24.5. The fraction of sp³-hybridized carbons (Fsp3) is 0.417. The van der Waals surface area contributed by atoms with Crippen molar-refractivity contribution in [2.45, 2.75) is 18.9 Å². The Morgan fingerprint density at radius 3 is 2.32 bits per heavy atom. The van der Waals surface area contributed by atoms with E-state index in [4.69, 9.17) is 29.3 Å². The van der Waals surface area contributed by atoms with E-state index in [1.165, 1.54) is 11.3 Å². The Morgan fingerprint density at radius 2 is 1.71 bits per heavy atom. The van der Waals surface area contributed by atoms with Crippen molar-refractivity contribution in [2.24, 2.45) is 0 Å². The fourth-order valence-corrected chi connectivity index (χ4v) is 3.93. The topological polar surface area (TPSA) is 120 Å². The van der Waals surface area contributed by atoms with Crippen LogP contribution in [0.5, 0.6) is 17.2 Å². The van der Waals surface area contributed by atoms with Crippen LogP contribution in [0.1, 0.15) is 12.0 Å². The monoisotopic (exact) mass is 476 g/mol. The van der Waals surface area contributed by atoms with Gasteiger partial charge in [-0.3, -0.25) is 4.90 Å². The molecule has 184 valence electrons. The number of aliphatic carboxylic acids is 2. The molecule has 0 unspecified atom stereocenters. The summed E-state index contributed by atoms with van der Waals surface area (Å²) in [6.45, 7) is 4.47. The molecule has 9 nitrogen and oxygen atoms in total. The molecule has 0 saturated carbocycles. The van der Waals surface area contributed by atoms with Crippen LogP contribution in [0.15, 0.2) is 42.5 Å². The van der Waals surface area contributed by atoms with E-state index in [-0.39, 0.29) is 18.5 Å². The maximum absolute atomic E-state index is 12.2. The van der Waals surface area contributed by atoms with Crippen molar-refractivity contribution in [3.63, 3.8) is 0 Å². The van der Waals surface area contributed by atoms with Gasteiger partial charge in [-0.2, -0.15) is 0 Å². The lowest BCUT2D eigenvalue weighted by Crippen LogP contribution is -2.49. The summed E-state index contributed by atoms with van der Waals surface area (Å²) in [5, 5.41) is 24.5. The Balaban J connectivity index is 0.000000481. The SMILES string of the molecule is O=C(O)C(=O)O.Oc1ccc2c(c1)O[C@@H](CN1CCN(c3ccc(OCCF)cc3)CC1)CC2. The quantitative estimate of drug-likeness (QED) is 0.540. The Bertz CT molecular complexity index is 950. The van der Waals surface area contributed by atoms with E-state index in [0.29, 0.717) is 5.75 Å². The molecule has 34 heavy (non-hydrogen) atoms. The van der Waals surface area contributed by atoms with Crippen LogP contribution in [0, 0.1) is 0 Å². The number of carboxylic acids is 2. The number of nitrogens with zero attached hydrogens (tertiary/aromatic N) is 2. The number of carboxylic acid groups (broad SMARTS) is 2. The van der Waals surface area contributed by atoms with Crippen molar-refractivity contribution in [2.75, 3.05) is 50.9 Å². The third-order valence-corrected chi connectivity index (χ3v) is 5.64. The molecule has 1 saturated heterocycles. The van der Waals surface area contributed by atoms with E-state index >= 15 is 0 Å². The fourth-order valence-electron chi connectivity index (χ4n) is 3.93. The molecule has 1 atom stereocenters. The molecule has 2 aliphatic rings. The number of ether oxygens (including phenoxy) is 2. The molecule has 0 spiro atoms. The van der Waals surface area contributed by atoms with Gasteiger partial charge >= 0.3 is 11.9 Å². The lowest BCUT2D eigenvalue weighted by atomic mass is 10.0. The Kier molecular flexibility index (Phi) is 8.92. The molecule has 2 aromatic rings. The molecular weight excluding hydrogens is 447 g/mol. The highest BCUT2D eigenvalue weighted by atomic mass is 19.1. The number of piperazine rings is 1. The Labute approximate surface area is 196 Å². The van der Waals surface area contributed by atoms with E-state index in [2.05, 4.69) is 9.80 Å². The number of benzene rings is 2. The molecule has 0 radical (unpaired) electrons. The summed E-state index contributed by atoms with van der Waals surface area (Å²) in [4.78, 5) is 23.0. The maximum Gasteiger partial charge on any atom is 0.414 e. The van der Waals surface area contributed by atoms with E-state index in [1.54, 1.807) is 12.1 Å². The van der Waals surface area contributed by atoms with E-state index < -0.39 is 18.6 Å². The summed E-state index contributed by atoms with van der Waals surface area (Å²) in [5.41, 5.74) is 2.35. The average Bonchev–Trinajstić information content (AvgIpc) is 2.83. The summed E-state index contributed by atoms with van der Waals surface area (Å²) in [6.07, 6.45) is 2.18. The normalized spacial score (nSPS) is 17.6. The van der Waals surface area contributed by atoms with Gasteiger partial charge in [0.05, 0.1) is 0 Å². The van der Waals surface area contributed by atoms with Crippen LogP contribution in [0.25, 0.3) is 0 Å². The van der Waals surface area contributed by atoms with Gasteiger partial charge < -0.3 is 29.7 Å². The lowest BCUT2D eigenvalue weighted by Gasteiger charge is -2.38. The van der Waals surface area contributed by atoms with Gasteiger partial charge in [0.1, 0.15) is 36.6 Å². The van der Waals surface area contributed by atoms with Crippen molar-refractivity contribution in [3.8, 4) is 17.2 Å². The zero-order valence-electron chi connectivity index (χ0n) is 18.7. The second kappa shape index (κ2) is 12.1. The van der Waals surface area contributed by atoms with Gasteiger partial charge in [-0.25, -0.2) is 14.0 Å². The third kappa shape index (κ3) is 7.24. The number of aryl methyl sites for hydroxylation is 1. The van der Waals surface area contributed by atoms with Crippen LogP contribution < -0.4 is 14.4 Å². The number of hydrogen-bond donors (Lipinski definition) is 3. The molecule has 2 aromatic carbocycles. The number of alkyl halides is 1. The lowest BCUT2D eigenvalue weighted by molar-refractivity contribution is -0.159. The number of aromatic hydroxyl groups is 1. The number of anilines is 1. The highest BCUT2D eigenvalue weighted by Gasteiger charge is 2.25. The summed E-state index contributed by atoms with van der Waals surface area (Å²) in [5.74, 6) is -1.86. The zero-order valence-corrected chi connectivity index (χ0v) is 18.7. The van der Waals surface area contributed by atoms with Gasteiger partial charge in [0.15, 0.2) is 0 Å². The number of hydrogen-bond acceptors (Lipinski definition) is 7. The minimum absolute atomic E-state index is 0.103. The van der Waals surface area contributed by atoms with Gasteiger partial charge in [-0.05, 0) is 48.7 Å². The molecule has 0 bridgehead atoms. The highest BCUT2D eigenvalue weighted by molar-refractivity contribution is 6.27. The first-order valence-corrected chi connectivity index (χ1v) is 11.1. The molecular formula is C24H29FN2O7. The summed E-state index contributed by atoms with van der Waals surface area (Å²) in [7, 11) is 0. The molecule has 0 amide bonds. The van der Waals surface area contributed by atoms with Crippen molar-refractivity contribution >= 4 is 17.6 Å². The summed E-state index contributed by atoms with van der Waals surface area (Å²) in [6, 6.07) is 13.3.